The maximum atomic E-state index is 12.4. The highest BCUT2D eigenvalue weighted by atomic mass is 35.5. The van der Waals surface area contributed by atoms with E-state index in [0.29, 0.717) is 75.4 Å². The van der Waals surface area contributed by atoms with Crippen molar-refractivity contribution in [2.75, 3.05) is 29.7 Å². The number of benzene rings is 2. The highest BCUT2D eigenvalue weighted by molar-refractivity contribution is 6.32. The molecule has 0 aliphatic heterocycles. The molecule has 1 amide bonds. The van der Waals surface area contributed by atoms with Crippen molar-refractivity contribution in [1.82, 2.24) is 4.98 Å². The number of aryl methyl sites for hydroxylation is 1. The molecule has 0 aliphatic carbocycles. The Labute approximate surface area is 214 Å². The molecule has 0 saturated heterocycles. The van der Waals surface area contributed by atoms with Gasteiger partial charge in [0.2, 0.25) is 5.91 Å². The highest BCUT2D eigenvalue weighted by Gasteiger charge is 2.18. The molecule has 0 radical (unpaired) electrons. The van der Waals surface area contributed by atoms with E-state index in [-0.39, 0.29) is 11.8 Å². The molecule has 3 aromatic rings. The molecule has 1 aromatic heterocycles. The van der Waals surface area contributed by atoms with Crippen LogP contribution in [0.25, 0.3) is 10.9 Å². The molecule has 0 spiro atoms. The van der Waals surface area contributed by atoms with Crippen LogP contribution in [0.15, 0.2) is 42.5 Å². The van der Waals surface area contributed by atoms with Gasteiger partial charge in [0.15, 0.2) is 0 Å². The molecule has 3 rings (SSSR count). The lowest BCUT2D eigenvalue weighted by atomic mass is 10.0. The first kappa shape index (κ1) is 26.1. The van der Waals surface area contributed by atoms with Gasteiger partial charge in [-0.1, -0.05) is 24.6 Å². The SMILES string of the molecule is CCOc1ccc(Nc2c(C#N)c(CC)nc3cc(OCC)c(NC(=O)/C=C/CCl)cc23)cc1Cl. The first-order valence-electron chi connectivity index (χ1n) is 11.2. The lowest BCUT2D eigenvalue weighted by Gasteiger charge is -2.18. The molecule has 9 heteroatoms. The van der Waals surface area contributed by atoms with Crippen molar-refractivity contribution < 1.29 is 14.3 Å². The third-order valence-electron chi connectivity index (χ3n) is 5.03. The van der Waals surface area contributed by atoms with Crippen molar-refractivity contribution in [3.8, 4) is 17.6 Å². The van der Waals surface area contributed by atoms with Gasteiger partial charge in [-0.05, 0) is 44.5 Å². The number of pyridine rings is 1. The summed E-state index contributed by atoms with van der Waals surface area (Å²) in [5, 5.41) is 17.2. The summed E-state index contributed by atoms with van der Waals surface area (Å²) in [6.07, 6.45) is 3.46. The Bertz CT molecular complexity index is 1300. The largest absolute Gasteiger partial charge is 0.492 e. The average Bonchev–Trinajstić information content (AvgIpc) is 2.85. The van der Waals surface area contributed by atoms with Gasteiger partial charge < -0.3 is 20.1 Å². The van der Waals surface area contributed by atoms with E-state index in [2.05, 4.69) is 16.7 Å². The molecule has 0 saturated carbocycles. The number of nitrogens with zero attached hydrogens (tertiary/aromatic N) is 2. The molecule has 0 atom stereocenters. The molecular formula is C26H26Cl2N4O3. The number of carbonyl (C=O) groups excluding carboxylic acids is 1. The number of hydrogen-bond donors (Lipinski definition) is 2. The first-order valence-corrected chi connectivity index (χ1v) is 12.1. The fraction of sp³-hybridized carbons (Fsp3) is 0.269. The van der Waals surface area contributed by atoms with E-state index < -0.39 is 0 Å². The van der Waals surface area contributed by atoms with Gasteiger partial charge in [-0.25, -0.2) is 0 Å². The maximum Gasteiger partial charge on any atom is 0.248 e. The summed E-state index contributed by atoms with van der Waals surface area (Å²) in [5.74, 6) is 0.919. The van der Waals surface area contributed by atoms with Crippen LogP contribution in [0.5, 0.6) is 11.5 Å². The van der Waals surface area contributed by atoms with Crippen LogP contribution < -0.4 is 20.1 Å². The first-order chi connectivity index (χ1) is 16.9. The molecule has 0 bridgehead atoms. The van der Waals surface area contributed by atoms with Crippen LogP contribution >= 0.6 is 23.2 Å². The van der Waals surface area contributed by atoms with E-state index in [9.17, 15) is 10.1 Å². The molecule has 1 heterocycles. The summed E-state index contributed by atoms with van der Waals surface area (Å²) in [7, 11) is 0. The zero-order valence-electron chi connectivity index (χ0n) is 19.7. The minimum absolute atomic E-state index is 0.220. The smallest absolute Gasteiger partial charge is 0.248 e. The van der Waals surface area contributed by atoms with Crippen molar-refractivity contribution in [2.24, 2.45) is 0 Å². The molecule has 7 nitrogen and oxygen atoms in total. The van der Waals surface area contributed by atoms with E-state index >= 15 is 0 Å². The van der Waals surface area contributed by atoms with Crippen molar-refractivity contribution in [2.45, 2.75) is 27.2 Å². The number of hydrogen-bond acceptors (Lipinski definition) is 6. The number of aromatic nitrogens is 1. The van der Waals surface area contributed by atoms with Gasteiger partial charge in [0.05, 0.1) is 46.4 Å². The number of fused-ring (bicyclic) bond motifs is 1. The lowest BCUT2D eigenvalue weighted by molar-refractivity contribution is -0.111. The van der Waals surface area contributed by atoms with Gasteiger partial charge in [-0.3, -0.25) is 9.78 Å². The summed E-state index contributed by atoms with van der Waals surface area (Å²) >= 11 is 12.0. The van der Waals surface area contributed by atoms with Gasteiger partial charge in [0, 0.05) is 29.1 Å². The Balaban J connectivity index is 2.19. The Morgan fingerprint density at radius 3 is 2.51 bits per heavy atom. The summed E-state index contributed by atoms with van der Waals surface area (Å²) in [5.41, 5.74) is 3.36. The molecule has 2 aromatic carbocycles. The van der Waals surface area contributed by atoms with Crippen LogP contribution in [0.4, 0.5) is 17.1 Å². The van der Waals surface area contributed by atoms with Crippen molar-refractivity contribution in [3.05, 3.63) is 58.8 Å². The lowest BCUT2D eigenvalue weighted by Crippen LogP contribution is -2.10. The zero-order valence-corrected chi connectivity index (χ0v) is 21.3. The van der Waals surface area contributed by atoms with Crippen LogP contribution in [-0.4, -0.2) is 30.0 Å². The van der Waals surface area contributed by atoms with Gasteiger partial charge in [-0.15, -0.1) is 11.6 Å². The number of ether oxygens (including phenoxy) is 2. The minimum Gasteiger partial charge on any atom is -0.492 e. The number of nitriles is 1. The Morgan fingerprint density at radius 1 is 1.14 bits per heavy atom. The fourth-order valence-electron chi connectivity index (χ4n) is 3.54. The molecule has 0 fully saturated rings. The second-order valence-corrected chi connectivity index (χ2v) is 8.04. The Morgan fingerprint density at radius 2 is 1.89 bits per heavy atom. The number of rotatable bonds is 10. The molecule has 182 valence electrons. The zero-order chi connectivity index (χ0) is 25.4. The average molecular weight is 513 g/mol. The summed E-state index contributed by atoms with van der Waals surface area (Å²) in [6.45, 7) is 6.58. The van der Waals surface area contributed by atoms with Crippen molar-refractivity contribution >= 4 is 57.1 Å². The number of nitrogens with one attached hydrogen (secondary N) is 2. The molecule has 0 unspecified atom stereocenters. The van der Waals surface area contributed by atoms with Crippen molar-refractivity contribution in [3.63, 3.8) is 0 Å². The maximum absolute atomic E-state index is 12.4. The summed E-state index contributed by atoms with van der Waals surface area (Å²) in [6, 6.07) is 11.1. The van der Waals surface area contributed by atoms with Crippen LogP contribution in [-0.2, 0) is 11.2 Å². The van der Waals surface area contributed by atoms with Crippen LogP contribution in [0.3, 0.4) is 0 Å². The molecule has 35 heavy (non-hydrogen) atoms. The van der Waals surface area contributed by atoms with E-state index in [4.69, 9.17) is 37.7 Å². The topological polar surface area (TPSA) is 96.3 Å². The standard InChI is InChI=1S/C26H26Cl2N4O3/c1-4-20-18(15-29)26(30-16-9-10-23(34-5-2)19(28)12-16)17-13-22(32-25(33)8-7-11-27)24(35-6-3)14-21(17)31-20/h7-10,12-14H,4-6,11H2,1-3H3,(H,30,31)(H,32,33)/b8-7+. The predicted molar refractivity (Wildman–Crippen MR) is 141 cm³/mol. The number of anilines is 3. The third kappa shape index (κ3) is 6.16. The van der Waals surface area contributed by atoms with E-state index in [1.807, 2.05) is 26.8 Å². The number of carbonyl (C=O) groups is 1. The second-order valence-electron chi connectivity index (χ2n) is 7.32. The number of halogens is 2. The summed E-state index contributed by atoms with van der Waals surface area (Å²) in [4.78, 5) is 17.1. The van der Waals surface area contributed by atoms with Gasteiger partial charge >= 0.3 is 0 Å². The van der Waals surface area contributed by atoms with E-state index in [0.717, 1.165) is 0 Å². The Hall–Kier alpha value is -3.47. The van der Waals surface area contributed by atoms with E-state index in [1.54, 1.807) is 30.3 Å². The fourth-order valence-corrected chi connectivity index (χ4v) is 3.87. The van der Waals surface area contributed by atoms with Gasteiger partial charge in [0.1, 0.15) is 17.6 Å². The molecule has 2 N–H and O–H groups in total. The minimum atomic E-state index is -0.350. The summed E-state index contributed by atoms with van der Waals surface area (Å²) < 4.78 is 11.3. The van der Waals surface area contributed by atoms with Crippen LogP contribution in [0, 0.1) is 11.3 Å². The monoisotopic (exact) mass is 512 g/mol. The van der Waals surface area contributed by atoms with E-state index in [1.165, 1.54) is 6.08 Å². The van der Waals surface area contributed by atoms with Crippen molar-refractivity contribution in [1.29, 1.82) is 5.26 Å². The van der Waals surface area contributed by atoms with Crippen LogP contribution in [0.2, 0.25) is 5.02 Å². The second kappa shape index (κ2) is 12.3. The number of amides is 1. The quantitative estimate of drug-likeness (QED) is 0.234. The predicted octanol–water partition coefficient (Wildman–Crippen LogP) is 6.60. The number of alkyl halides is 1. The number of allylic oxidation sites excluding steroid dienone is 1. The normalized spacial score (nSPS) is 10.9. The van der Waals surface area contributed by atoms with Crippen LogP contribution in [0.1, 0.15) is 32.0 Å². The van der Waals surface area contributed by atoms with Gasteiger partial charge in [0.25, 0.3) is 0 Å². The Kier molecular flexibility index (Phi) is 9.18. The third-order valence-corrected chi connectivity index (χ3v) is 5.50. The molecular weight excluding hydrogens is 487 g/mol. The highest BCUT2D eigenvalue weighted by Crippen LogP contribution is 2.38. The van der Waals surface area contributed by atoms with Gasteiger partial charge in [-0.2, -0.15) is 5.26 Å². The molecule has 0 aliphatic rings.